The third kappa shape index (κ3) is 4.78. The molecular weight excluding hydrogens is 438 g/mol. The van der Waals surface area contributed by atoms with Crippen molar-refractivity contribution in [1.29, 1.82) is 0 Å². The van der Waals surface area contributed by atoms with Crippen LogP contribution in [0.25, 0.3) is 21.9 Å². The van der Waals surface area contributed by atoms with E-state index in [1.807, 2.05) is 36.4 Å². The SMILES string of the molecule is CCN(CCCNC(=O)Cn1c(=S)[nH]c2c([nH]c3ccc(OC)cc32)c1=O)c1ccccc1. The highest BCUT2D eigenvalue weighted by Crippen LogP contribution is 2.25. The maximum Gasteiger partial charge on any atom is 0.279 e. The van der Waals surface area contributed by atoms with E-state index in [1.165, 1.54) is 4.57 Å². The van der Waals surface area contributed by atoms with E-state index < -0.39 is 0 Å². The summed E-state index contributed by atoms with van der Waals surface area (Å²) >= 11 is 5.39. The highest BCUT2D eigenvalue weighted by molar-refractivity contribution is 7.71. The number of hydrogen-bond donors (Lipinski definition) is 3. The van der Waals surface area contributed by atoms with Crippen LogP contribution in [-0.2, 0) is 11.3 Å². The summed E-state index contributed by atoms with van der Waals surface area (Å²) in [7, 11) is 1.59. The monoisotopic (exact) mass is 465 g/mol. The first-order chi connectivity index (χ1) is 16.0. The van der Waals surface area contributed by atoms with Crippen molar-refractivity contribution in [2.24, 2.45) is 0 Å². The van der Waals surface area contributed by atoms with Gasteiger partial charge in [0.2, 0.25) is 5.91 Å². The second kappa shape index (κ2) is 9.91. The minimum Gasteiger partial charge on any atom is -0.497 e. The van der Waals surface area contributed by atoms with Gasteiger partial charge in [-0.1, -0.05) is 18.2 Å². The Balaban J connectivity index is 1.43. The van der Waals surface area contributed by atoms with Gasteiger partial charge in [0.05, 0.1) is 12.6 Å². The Labute approximate surface area is 196 Å². The number of aromatic amines is 2. The van der Waals surface area contributed by atoms with Gasteiger partial charge >= 0.3 is 0 Å². The molecule has 0 unspecified atom stereocenters. The van der Waals surface area contributed by atoms with Crippen LogP contribution in [0.15, 0.2) is 53.3 Å². The molecular formula is C24H27N5O3S. The third-order valence-electron chi connectivity index (χ3n) is 5.67. The normalized spacial score (nSPS) is 11.1. The van der Waals surface area contributed by atoms with Crippen molar-refractivity contribution in [3.05, 3.63) is 63.7 Å². The molecule has 0 fully saturated rings. The fourth-order valence-corrected chi connectivity index (χ4v) is 4.19. The molecule has 0 aliphatic carbocycles. The van der Waals surface area contributed by atoms with Crippen molar-refractivity contribution >= 4 is 45.7 Å². The van der Waals surface area contributed by atoms with Crippen LogP contribution in [0.3, 0.4) is 0 Å². The van der Waals surface area contributed by atoms with Gasteiger partial charge in [0.1, 0.15) is 17.8 Å². The van der Waals surface area contributed by atoms with E-state index in [-0.39, 0.29) is 22.8 Å². The van der Waals surface area contributed by atoms with Crippen LogP contribution in [0.1, 0.15) is 13.3 Å². The fraction of sp³-hybridized carbons (Fsp3) is 0.292. The molecule has 33 heavy (non-hydrogen) atoms. The number of anilines is 1. The number of H-pyrrole nitrogens is 2. The van der Waals surface area contributed by atoms with Gasteiger partial charge in [0, 0.05) is 36.2 Å². The Kier molecular flexibility index (Phi) is 6.79. The molecule has 0 saturated heterocycles. The minimum absolute atomic E-state index is 0.140. The molecule has 0 saturated carbocycles. The van der Waals surface area contributed by atoms with E-state index in [2.05, 4.69) is 39.2 Å². The average molecular weight is 466 g/mol. The summed E-state index contributed by atoms with van der Waals surface area (Å²) in [6.07, 6.45) is 0.791. The summed E-state index contributed by atoms with van der Waals surface area (Å²) in [4.78, 5) is 34.0. The Morgan fingerprint density at radius 3 is 2.67 bits per heavy atom. The van der Waals surface area contributed by atoms with Gasteiger partial charge in [-0.25, -0.2) is 0 Å². The van der Waals surface area contributed by atoms with E-state index >= 15 is 0 Å². The number of hydrogen-bond acceptors (Lipinski definition) is 5. The number of ether oxygens (including phenoxy) is 1. The summed E-state index contributed by atoms with van der Waals surface area (Å²) in [6, 6.07) is 15.7. The van der Waals surface area contributed by atoms with E-state index in [9.17, 15) is 9.59 Å². The molecule has 0 atom stereocenters. The Morgan fingerprint density at radius 1 is 1.15 bits per heavy atom. The fourth-order valence-electron chi connectivity index (χ4n) is 3.94. The second-order valence-corrected chi connectivity index (χ2v) is 8.11. The average Bonchev–Trinajstić information content (AvgIpc) is 3.20. The summed E-state index contributed by atoms with van der Waals surface area (Å²) in [5, 5.41) is 3.70. The number of nitrogens with one attached hydrogen (secondary N) is 3. The Bertz CT molecular complexity index is 1390. The van der Waals surface area contributed by atoms with Crippen molar-refractivity contribution < 1.29 is 9.53 Å². The van der Waals surface area contributed by atoms with Crippen molar-refractivity contribution in [3.63, 3.8) is 0 Å². The summed E-state index contributed by atoms with van der Waals surface area (Å²) < 4.78 is 6.76. The van der Waals surface area contributed by atoms with Crippen LogP contribution < -0.4 is 20.5 Å². The van der Waals surface area contributed by atoms with Crippen molar-refractivity contribution in [2.75, 3.05) is 31.6 Å². The van der Waals surface area contributed by atoms with Crippen molar-refractivity contribution in [2.45, 2.75) is 19.9 Å². The number of carbonyl (C=O) groups excluding carboxylic acids is 1. The van der Waals surface area contributed by atoms with Crippen molar-refractivity contribution in [1.82, 2.24) is 19.9 Å². The minimum atomic E-state index is -0.333. The van der Waals surface area contributed by atoms with Crippen LogP contribution in [0.5, 0.6) is 5.75 Å². The van der Waals surface area contributed by atoms with E-state index in [1.54, 1.807) is 7.11 Å². The molecule has 1 amide bonds. The summed E-state index contributed by atoms with van der Waals surface area (Å²) in [5.41, 5.74) is 2.60. The molecule has 0 radical (unpaired) electrons. The van der Waals surface area contributed by atoms with E-state index in [0.717, 1.165) is 36.1 Å². The van der Waals surface area contributed by atoms with Gasteiger partial charge in [0.25, 0.3) is 5.56 Å². The maximum absolute atomic E-state index is 13.1. The van der Waals surface area contributed by atoms with Crippen LogP contribution in [0.2, 0.25) is 0 Å². The van der Waals surface area contributed by atoms with Gasteiger partial charge in [-0.2, -0.15) is 0 Å². The molecule has 2 heterocycles. The van der Waals surface area contributed by atoms with Crippen LogP contribution in [0.4, 0.5) is 5.69 Å². The van der Waals surface area contributed by atoms with E-state index in [4.69, 9.17) is 17.0 Å². The zero-order valence-electron chi connectivity index (χ0n) is 18.7. The summed E-state index contributed by atoms with van der Waals surface area (Å²) in [5.74, 6) is 0.427. The lowest BCUT2D eigenvalue weighted by Gasteiger charge is -2.23. The maximum atomic E-state index is 13.1. The summed E-state index contributed by atoms with van der Waals surface area (Å²) in [6.45, 7) is 4.20. The molecule has 0 spiro atoms. The van der Waals surface area contributed by atoms with Gasteiger partial charge in [-0.3, -0.25) is 14.2 Å². The Hall–Kier alpha value is -3.59. The zero-order chi connectivity index (χ0) is 23.4. The smallest absolute Gasteiger partial charge is 0.279 e. The topological polar surface area (TPSA) is 95.2 Å². The highest BCUT2D eigenvalue weighted by Gasteiger charge is 2.14. The molecule has 0 aliphatic rings. The molecule has 2 aromatic carbocycles. The predicted octanol–water partition coefficient (Wildman–Crippen LogP) is 3.58. The molecule has 0 bridgehead atoms. The highest BCUT2D eigenvalue weighted by atomic mass is 32.1. The molecule has 9 heteroatoms. The van der Waals surface area contributed by atoms with Gasteiger partial charge in [-0.05, 0) is 55.9 Å². The zero-order valence-corrected chi connectivity index (χ0v) is 19.5. The number of nitrogens with zero attached hydrogens (tertiary/aromatic N) is 2. The number of para-hydroxylation sites is 1. The van der Waals surface area contributed by atoms with Gasteiger partial charge in [0.15, 0.2) is 4.77 Å². The second-order valence-electron chi connectivity index (χ2n) is 7.73. The number of methoxy groups -OCH3 is 1. The first kappa shape index (κ1) is 22.6. The number of benzene rings is 2. The molecule has 2 aromatic heterocycles. The first-order valence-electron chi connectivity index (χ1n) is 10.9. The lowest BCUT2D eigenvalue weighted by molar-refractivity contribution is -0.121. The van der Waals surface area contributed by atoms with Crippen molar-refractivity contribution in [3.8, 4) is 5.75 Å². The molecule has 4 rings (SSSR count). The first-order valence-corrected chi connectivity index (χ1v) is 11.3. The lowest BCUT2D eigenvalue weighted by atomic mass is 10.2. The van der Waals surface area contributed by atoms with Crippen LogP contribution in [-0.4, -0.2) is 47.2 Å². The number of rotatable bonds is 9. The number of amides is 1. The quantitative estimate of drug-likeness (QED) is 0.259. The van der Waals surface area contributed by atoms with Gasteiger partial charge in [-0.15, -0.1) is 0 Å². The molecule has 172 valence electrons. The number of aromatic nitrogens is 3. The lowest BCUT2D eigenvalue weighted by Crippen LogP contribution is -2.35. The molecule has 4 aromatic rings. The molecule has 0 aliphatic heterocycles. The third-order valence-corrected chi connectivity index (χ3v) is 6.00. The standard InChI is InChI=1S/C24H27N5O3S/c1-3-28(16-8-5-4-6-9-16)13-7-12-25-20(30)15-29-23(31)22-21(27-24(29)33)18-14-17(32-2)10-11-19(18)26-22/h4-6,8-11,14,26H,3,7,12-13,15H2,1-2H3,(H,25,30)(H,27,33). The van der Waals surface area contributed by atoms with E-state index in [0.29, 0.717) is 23.3 Å². The predicted molar refractivity (Wildman–Crippen MR) is 134 cm³/mol. The number of carbonyl (C=O) groups is 1. The molecule has 8 nitrogen and oxygen atoms in total. The Morgan fingerprint density at radius 2 is 1.94 bits per heavy atom. The van der Waals surface area contributed by atoms with Gasteiger partial charge < -0.3 is 24.9 Å². The van der Waals surface area contributed by atoms with Crippen LogP contribution >= 0.6 is 12.2 Å². The molecule has 3 N–H and O–H groups in total. The van der Waals surface area contributed by atoms with Crippen LogP contribution in [0, 0.1) is 4.77 Å². The largest absolute Gasteiger partial charge is 0.497 e. The number of fused-ring (bicyclic) bond motifs is 3.